The first-order valence-corrected chi connectivity index (χ1v) is 4.07. The maximum atomic E-state index is 10.6. The molecule has 0 fully saturated rings. The number of carbonyl (C=O) groups excluding carboxylic acids is 1. The van der Waals surface area contributed by atoms with Crippen LogP contribution in [0, 0.1) is 0 Å². The molecule has 0 spiro atoms. The summed E-state index contributed by atoms with van der Waals surface area (Å²) in [5.41, 5.74) is 6.02. The highest BCUT2D eigenvalue weighted by Crippen LogP contribution is 1.95. The van der Waals surface area contributed by atoms with Crippen molar-refractivity contribution in [3.05, 3.63) is 35.9 Å². The van der Waals surface area contributed by atoms with Gasteiger partial charge in [0, 0.05) is 6.21 Å². The quantitative estimate of drug-likeness (QED) is 0.686. The fourth-order valence-corrected chi connectivity index (χ4v) is 0.810. The van der Waals surface area contributed by atoms with Gasteiger partial charge < -0.3 is 5.73 Å². The zero-order valence-electron chi connectivity index (χ0n) is 7.47. The summed E-state index contributed by atoms with van der Waals surface area (Å²) >= 11 is 0. The fraction of sp³-hybridized carbons (Fsp3) is 0.200. The molecule has 3 nitrogen and oxygen atoms in total. The number of benzene rings is 1. The number of aliphatic imine (C=N–C) groups is 1. The van der Waals surface area contributed by atoms with Crippen molar-refractivity contribution in [3.63, 3.8) is 0 Å². The van der Waals surface area contributed by atoms with E-state index in [1.165, 1.54) is 0 Å². The Balaban J connectivity index is 2.64. The zero-order valence-corrected chi connectivity index (χ0v) is 7.47. The lowest BCUT2D eigenvalue weighted by molar-refractivity contribution is -0.118. The topological polar surface area (TPSA) is 55.4 Å². The van der Waals surface area contributed by atoms with Crippen LogP contribution in [-0.4, -0.2) is 18.2 Å². The highest BCUT2D eigenvalue weighted by atomic mass is 16.1. The second-order valence-electron chi connectivity index (χ2n) is 2.77. The van der Waals surface area contributed by atoms with Gasteiger partial charge in [0.1, 0.15) is 6.04 Å². The molecule has 1 amide bonds. The minimum absolute atomic E-state index is 0.410. The molecule has 0 aliphatic carbocycles. The number of nitrogens with zero attached hydrogens (tertiary/aromatic N) is 1. The van der Waals surface area contributed by atoms with Gasteiger partial charge in [-0.2, -0.15) is 0 Å². The Morgan fingerprint density at radius 3 is 2.62 bits per heavy atom. The SMILES string of the molecule is CC(N=Cc1ccccc1)C(N)=O. The van der Waals surface area contributed by atoms with E-state index in [-0.39, 0.29) is 0 Å². The lowest BCUT2D eigenvalue weighted by atomic mass is 10.2. The summed E-state index contributed by atoms with van der Waals surface area (Å²) < 4.78 is 0. The molecule has 13 heavy (non-hydrogen) atoms. The molecule has 1 atom stereocenters. The fourth-order valence-electron chi connectivity index (χ4n) is 0.810. The molecule has 3 heteroatoms. The molecule has 68 valence electrons. The van der Waals surface area contributed by atoms with Crippen molar-refractivity contribution in [2.45, 2.75) is 13.0 Å². The molecule has 1 aromatic carbocycles. The highest BCUT2D eigenvalue weighted by Gasteiger charge is 2.03. The van der Waals surface area contributed by atoms with Crippen LogP contribution in [0.3, 0.4) is 0 Å². The van der Waals surface area contributed by atoms with Crippen LogP contribution >= 0.6 is 0 Å². The van der Waals surface area contributed by atoms with Crippen LogP contribution in [0.15, 0.2) is 35.3 Å². The van der Waals surface area contributed by atoms with E-state index in [1.54, 1.807) is 13.1 Å². The molecule has 0 heterocycles. The molecular weight excluding hydrogens is 164 g/mol. The molecule has 0 aromatic heterocycles. The molecule has 0 aliphatic rings. The van der Waals surface area contributed by atoms with E-state index in [0.29, 0.717) is 0 Å². The number of amides is 1. The number of hydrogen-bond acceptors (Lipinski definition) is 2. The van der Waals surface area contributed by atoms with E-state index < -0.39 is 11.9 Å². The first-order chi connectivity index (χ1) is 6.20. The van der Waals surface area contributed by atoms with Gasteiger partial charge in [-0.1, -0.05) is 30.3 Å². The Bertz CT molecular complexity index is 306. The van der Waals surface area contributed by atoms with E-state index in [2.05, 4.69) is 4.99 Å². The zero-order chi connectivity index (χ0) is 9.68. The Morgan fingerprint density at radius 2 is 2.08 bits per heavy atom. The van der Waals surface area contributed by atoms with Crippen molar-refractivity contribution in [2.24, 2.45) is 10.7 Å². The van der Waals surface area contributed by atoms with Crippen LogP contribution in [0.5, 0.6) is 0 Å². The predicted octanol–water partition coefficient (Wildman–Crippen LogP) is 0.979. The van der Waals surface area contributed by atoms with Gasteiger partial charge in [-0.05, 0) is 12.5 Å². The summed E-state index contributed by atoms with van der Waals surface area (Å²) in [6, 6.07) is 9.12. The van der Waals surface area contributed by atoms with Crippen molar-refractivity contribution in [1.82, 2.24) is 0 Å². The van der Waals surface area contributed by atoms with E-state index in [9.17, 15) is 4.79 Å². The summed E-state index contributed by atoms with van der Waals surface area (Å²) in [7, 11) is 0. The van der Waals surface area contributed by atoms with E-state index in [1.807, 2.05) is 30.3 Å². The van der Waals surface area contributed by atoms with Crippen LogP contribution in [0.25, 0.3) is 0 Å². The van der Waals surface area contributed by atoms with Gasteiger partial charge in [-0.15, -0.1) is 0 Å². The molecule has 1 aromatic rings. The monoisotopic (exact) mass is 176 g/mol. The number of nitrogens with two attached hydrogens (primary N) is 1. The van der Waals surface area contributed by atoms with Crippen molar-refractivity contribution < 1.29 is 4.79 Å². The number of carbonyl (C=O) groups is 1. The first-order valence-electron chi connectivity index (χ1n) is 4.07. The van der Waals surface area contributed by atoms with Gasteiger partial charge in [-0.3, -0.25) is 9.79 Å². The van der Waals surface area contributed by atoms with Gasteiger partial charge in [0.05, 0.1) is 0 Å². The third kappa shape index (κ3) is 3.07. The van der Waals surface area contributed by atoms with Gasteiger partial charge >= 0.3 is 0 Å². The number of rotatable bonds is 3. The van der Waals surface area contributed by atoms with Gasteiger partial charge in [-0.25, -0.2) is 0 Å². The summed E-state index contributed by atoms with van der Waals surface area (Å²) in [6.45, 7) is 1.67. The van der Waals surface area contributed by atoms with Crippen LogP contribution < -0.4 is 5.73 Å². The Morgan fingerprint density at radius 1 is 1.46 bits per heavy atom. The molecule has 0 radical (unpaired) electrons. The van der Waals surface area contributed by atoms with Crippen molar-refractivity contribution in [2.75, 3.05) is 0 Å². The smallest absolute Gasteiger partial charge is 0.241 e. The van der Waals surface area contributed by atoms with Crippen LogP contribution in [0.1, 0.15) is 12.5 Å². The van der Waals surface area contributed by atoms with E-state index >= 15 is 0 Å². The molecule has 0 bridgehead atoms. The predicted molar refractivity (Wildman–Crippen MR) is 52.7 cm³/mol. The molecular formula is C10H12N2O. The number of primary amides is 1. The molecule has 0 saturated heterocycles. The van der Waals surface area contributed by atoms with E-state index in [0.717, 1.165) is 5.56 Å². The molecule has 1 rings (SSSR count). The second-order valence-corrected chi connectivity index (χ2v) is 2.77. The Labute approximate surface area is 77.3 Å². The average Bonchev–Trinajstić information content (AvgIpc) is 2.15. The minimum atomic E-state index is -0.458. The third-order valence-electron chi connectivity index (χ3n) is 1.66. The molecule has 0 aliphatic heterocycles. The summed E-state index contributed by atoms with van der Waals surface area (Å²) in [5.74, 6) is -0.410. The van der Waals surface area contributed by atoms with Crippen molar-refractivity contribution >= 4 is 12.1 Å². The Kier molecular flexibility index (Phi) is 3.20. The maximum absolute atomic E-state index is 10.6. The largest absolute Gasteiger partial charge is 0.368 e. The normalized spacial score (nSPS) is 13.0. The molecule has 0 saturated carbocycles. The van der Waals surface area contributed by atoms with Crippen LogP contribution in [0.4, 0.5) is 0 Å². The first kappa shape index (κ1) is 9.45. The molecule has 1 unspecified atom stereocenters. The summed E-state index contributed by atoms with van der Waals surface area (Å²) in [5, 5.41) is 0. The summed E-state index contributed by atoms with van der Waals surface area (Å²) in [4.78, 5) is 14.6. The second kappa shape index (κ2) is 4.40. The van der Waals surface area contributed by atoms with Crippen molar-refractivity contribution in [1.29, 1.82) is 0 Å². The van der Waals surface area contributed by atoms with Crippen LogP contribution in [-0.2, 0) is 4.79 Å². The van der Waals surface area contributed by atoms with E-state index in [4.69, 9.17) is 5.73 Å². The standard InChI is InChI=1S/C10H12N2O/c1-8(10(11)13)12-7-9-5-3-2-4-6-9/h2-8H,1H3,(H2,11,13). The van der Waals surface area contributed by atoms with Crippen molar-refractivity contribution in [3.8, 4) is 0 Å². The third-order valence-corrected chi connectivity index (χ3v) is 1.66. The van der Waals surface area contributed by atoms with Gasteiger partial charge in [0.25, 0.3) is 0 Å². The molecule has 2 N–H and O–H groups in total. The number of hydrogen-bond donors (Lipinski definition) is 1. The minimum Gasteiger partial charge on any atom is -0.368 e. The summed E-state index contributed by atoms with van der Waals surface area (Å²) in [6.07, 6.45) is 1.65. The van der Waals surface area contributed by atoms with Crippen LogP contribution in [0.2, 0.25) is 0 Å². The van der Waals surface area contributed by atoms with Gasteiger partial charge in [0.15, 0.2) is 0 Å². The van der Waals surface area contributed by atoms with Gasteiger partial charge in [0.2, 0.25) is 5.91 Å². The Hall–Kier alpha value is -1.64. The lowest BCUT2D eigenvalue weighted by Crippen LogP contribution is -2.23. The maximum Gasteiger partial charge on any atom is 0.241 e. The lowest BCUT2D eigenvalue weighted by Gasteiger charge is -1.98. The highest BCUT2D eigenvalue weighted by molar-refractivity contribution is 5.85. The average molecular weight is 176 g/mol.